The van der Waals surface area contributed by atoms with E-state index in [1.54, 1.807) is 30.3 Å². The SMILES string of the molecule is O=S(=O)(O)c1cc(S(=O)(=O)O)c2c(N=Nc3ccccc3)c(O)ccc2c1.[K].[K]. The van der Waals surface area contributed by atoms with E-state index in [-0.39, 0.29) is 119 Å². The van der Waals surface area contributed by atoms with Crippen molar-refractivity contribution < 1.29 is 31.0 Å². The monoisotopic (exact) mass is 486 g/mol. The molecule has 0 atom stereocenters. The van der Waals surface area contributed by atoms with E-state index >= 15 is 0 Å². The largest absolute Gasteiger partial charge is 0.506 e. The number of phenols is 1. The van der Waals surface area contributed by atoms with Gasteiger partial charge in [0.2, 0.25) is 0 Å². The summed E-state index contributed by atoms with van der Waals surface area (Å²) in [5.41, 5.74) is 0.128. The van der Waals surface area contributed by atoms with Crippen LogP contribution in [0.2, 0.25) is 0 Å². The van der Waals surface area contributed by atoms with Gasteiger partial charge >= 0.3 is 0 Å². The molecule has 0 aliphatic rings. The molecule has 0 bridgehead atoms. The Balaban J connectivity index is 0.00000210. The maximum atomic E-state index is 11.8. The third kappa shape index (κ3) is 6.69. The van der Waals surface area contributed by atoms with Crippen molar-refractivity contribution in [3.63, 3.8) is 0 Å². The molecule has 0 saturated carbocycles. The minimum Gasteiger partial charge on any atom is -0.506 e. The van der Waals surface area contributed by atoms with Gasteiger partial charge in [-0.3, -0.25) is 9.11 Å². The molecular formula is C16H12K2N2O7S2. The summed E-state index contributed by atoms with van der Waals surface area (Å²) in [6.45, 7) is 0. The van der Waals surface area contributed by atoms with Gasteiger partial charge in [0.05, 0.1) is 10.6 Å². The van der Waals surface area contributed by atoms with Crippen LogP contribution in [0.1, 0.15) is 0 Å². The number of aromatic hydroxyl groups is 1. The number of hydrogen-bond acceptors (Lipinski definition) is 7. The summed E-state index contributed by atoms with van der Waals surface area (Å²) in [6.07, 6.45) is 0. The zero-order chi connectivity index (χ0) is 19.8. The molecule has 0 unspecified atom stereocenters. The topological polar surface area (TPSA) is 154 Å². The summed E-state index contributed by atoms with van der Waals surface area (Å²) in [5, 5.41) is 17.6. The van der Waals surface area contributed by atoms with Crippen molar-refractivity contribution in [1.29, 1.82) is 0 Å². The van der Waals surface area contributed by atoms with Crippen LogP contribution in [0.25, 0.3) is 10.8 Å². The maximum absolute atomic E-state index is 11.8. The van der Waals surface area contributed by atoms with Gasteiger partial charge in [0.25, 0.3) is 20.2 Å². The number of rotatable bonds is 4. The molecule has 13 heteroatoms. The van der Waals surface area contributed by atoms with Crippen LogP contribution in [0.15, 0.2) is 74.6 Å². The fraction of sp³-hybridized carbons (Fsp3) is 0. The fourth-order valence-electron chi connectivity index (χ4n) is 2.43. The summed E-state index contributed by atoms with van der Waals surface area (Å²) >= 11 is 0. The second-order valence-corrected chi connectivity index (χ2v) is 8.25. The molecule has 0 aliphatic heterocycles. The van der Waals surface area contributed by atoms with Gasteiger partial charge in [-0.25, -0.2) is 0 Å². The molecule has 0 spiro atoms. The molecule has 142 valence electrons. The maximum Gasteiger partial charge on any atom is 0.295 e. The van der Waals surface area contributed by atoms with E-state index in [4.69, 9.17) is 0 Å². The third-order valence-electron chi connectivity index (χ3n) is 3.60. The zero-order valence-corrected chi connectivity index (χ0v) is 23.3. The van der Waals surface area contributed by atoms with E-state index in [0.29, 0.717) is 11.8 Å². The Morgan fingerprint density at radius 3 is 1.93 bits per heavy atom. The summed E-state index contributed by atoms with van der Waals surface area (Å²) in [4.78, 5) is -1.58. The van der Waals surface area contributed by atoms with Crippen molar-refractivity contribution in [3.05, 3.63) is 54.6 Å². The van der Waals surface area contributed by atoms with Crippen molar-refractivity contribution in [2.45, 2.75) is 9.79 Å². The van der Waals surface area contributed by atoms with Crippen LogP contribution in [0, 0.1) is 0 Å². The van der Waals surface area contributed by atoms with Crippen LogP contribution < -0.4 is 0 Å². The number of nitrogens with zero attached hydrogens (tertiary/aromatic N) is 2. The minimum atomic E-state index is -4.92. The average Bonchev–Trinajstić information content (AvgIpc) is 2.59. The zero-order valence-electron chi connectivity index (χ0n) is 15.4. The first-order valence-electron chi connectivity index (χ1n) is 7.29. The van der Waals surface area contributed by atoms with Gasteiger partial charge in [0.15, 0.2) is 0 Å². The fourth-order valence-corrected chi connectivity index (χ4v) is 3.79. The smallest absolute Gasteiger partial charge is 0.295 e. The van der Waals surface area contributed by atoms with Crippen LogP contribution in [-0.4, -0.2) is 134 Å². The van der Waals surface area contributed by atoms with E-state index < -0.39 is 35.8 Å². The normalized spacial score (nSPS) is 11.8. The summed E-state index contributed by atoms with van der Waals surface area (Å²) < 4.78 is 65.1. The molecule has 3 rings (SSSR count). The van der Waals surface area contributed by atoms with Crippen molar-refractivity contribution >= 4 is 145 Å². The van der Waals surface area contributed by atoms with Crippen LogP contribution in [0.5, 0.6) is 5.75 Å². The molecule has 0 aliphatic carbocycles. The third-order valence-corrected chi connectivity index (χ3v) is 5.31. The van der Waals surface area contributed by atoms with Crippen LogP contribution in [0.3, 0.4) is 0 Å². The predicted octanol–water partition coefficient (Wildman–Crippen LogP) is 2.69. The molecule has 3 N–H and O–H groups in total. The van der Waals surface area contributed by atoms with Gasteiger partial charge in [-0.1, -0.05) is 24.3 Å². The predicted molar refractivity (Wildman–Crippen MR) is 107 cm³/mol. The number of azo groups is 1. The molecule has 0 aromatic heterocycles. The summed E-state index contributed by atoms with van der Waals surface area (Å²) in [6, 6.07) is 12.3. The van der Waals surface area contributed by atoms with E-state index in [1.807, 2.05) is 0 Å². The summed E-state index contributed by atoms with van der Waals surface area (Å²) in [5.74, 6) is -0.438. The van der Waals surface area contributed by atoms with Crippen molar-refractivity contribution in [2.75, 3.05) is 0 Å². The van der Waals surface area contributed by atoms with Crippen LogP contribution >= 0.6 is 0 Å². The molecule has 0 heterocycles. The number of hydrogen-bond donors (Lipinski definition) is 3. The second kappa shape index (κ2) is 10.8. The van der Waals surface area contributed by atoms with Crippen molar-refractivity contribution in [2.24, 2.45) is 10.2 Å². The van der Waals surface area contributed by atoms with Crippen LogP contribution in [0.4, 0.5) is 11.4 Å². The molecule has 3 aromatic carbocycles. The minimum absolute atomic E-state index is 0. The number of phenolic OH excluding ortho intramolecular Hbond substituents is 1. The first kappa shape index (κ1) is 27.4. The molecule has 0 saturated heterocycles. The van der Waals surface area contributed by atoms with Gasteiger partial charge in [-0.2, -0.15) is 21.9 Å². The molecule has 0 amide bonds. The van der Waals surface area contributed by atoms with E-state index in [1.165, 1.54) is 6.07 Å². The Labute approximate surface area is 252 Å². The van der Waals surface area contributed by atoms with Gasteiger partial charge in [-0.05, 0) is 35.7 Å². The van der Waals surface area contributed by atoms with Gasteiger partial charge in [0.1, 0.15) is 16.3 Å². The Bertz CT molecular complexity index is 1280. The first-order chi connectivity index (χ1) is 12.6. The standard InChI is InChI=1S/C16H12N2O7S2.2K/c19-13-7-6-10-8-12(26(20,21)22)9-14(27(23,24)25)15(10)16(13)18-17-11-4-2-1-3-5-11;;/h1-9,19H,(H,20,21,22)(H,23,24,25);;. The quantitative estimate of drug-likeness (QED) is 0.291. The molecule has 3 aromatic rings. The Kier molecular flexibility index (Phi) is 10.2. The van der Waals surface area contributed by atoms with E-state index in [2.05, 4.69) is 10.2 Å². The molecule has 29 heavy (non-hydrogen) atoms. The first-order valence-corrected chi connectivity index (χ1v) is 10.2. The van der Waals surface area contributed by atoms with Gasteiger partial charge in [-0.15, -0.1) is 5.11 Å². The van der Waals surface area contributed by atoms with Gasteiger partial charge < -0.3 is 5.11 Å². The average molecular weight is 487 g/mol. The van der Waals surface area contributed by atoms with Gasteiger partial charge in [0, 0.05) is 108 Å². The van der Waals surface area contributed by atoms with E-state index in [0.717, 1.165) is 12.1 Å². The summed E-state index contributed by atoms with van der Waals surface area (Å²) in [7, 11) is -9.67. The van der Waals surface area contributed by atoms with Crippen LogP contribution in [-0.2, 0) is 20.2 Å². The molecular weight excluding hydrogens is 475 g/mol. The number of benzene rings is 3. The molecule has 2 radical (unpaired) electrons. The Morgan fingerprint density at radius 2 is 1.38 bits per heavy atom. The Hall–Kier alpha value is 0.413. The van der Waals surface area contributed by atoms with Crippen molar-refractivity contribution in [3.8, 4) is 5.75 Å². The van der Waals surface area contributed by atoms with Crippen molar-refractivity contribution in [1.82, 2.24) is 0 Å². The second-order valence-electron chi connectivity index (χ2n) is 5.44. The Morgan fingerprint density at radius 1 is 0.759 bits per heavy atom. The van der Waals surface area contributed by atoms with E-state index in [9.17, 15) is 31.0 Å². The molecule has 0 fully saturated rings. The molecule has 9 nitrogen and oxygen atoms in total. The number of fused-ring (bicyclic) bond motifs is 1.